The van der Waals surface area contributed by atoms with Crippen molar-refractivity contribution in [2.24, 2.45) is 5.41 Å². The first kappa shape index (κ1) is 33.1. The highest BCUT2D eigenvalue weighted by molar-refractivity contribution is 7.93. The lowest BCUT2D eigenvalue weighted by atomic mass is 9.94. The van der Waals surface area contributed by atoms with Crippen LogP contribution >= 0.6 is 0 Å². The molecule has 10 nitrogen and oxygen atoms in total. The van der Waals surface area contributed by atoms with Crippen LogP contribution in [-0.2, 0) is 29.9 Å². The van der Waals surface area contributed by atoms with E-state index in [-0.39, 0.29) is 43.6 Å². The SMILES string of the molecule is O=S(=O)(c1ccccc1-c1ccccn1)c1cc(OC(F)(F)F)ccc1S(=O)(=O)N1CCC2(CC1)CC2NS(=O)(=O)C(F)(F)F. The van der Waals surface area contributed by atoms with Crippen molar-refractivity contribution in [3.63, 3.8) is 0 Å². The Morgan fingerprint density at radius 3 is 2.07 bits per heavy atom. The quantitative estimate of drug-likeness (QED) is 0.340. The van der Waals surface area contributed by atoms with E-state index in [0.29, 0.717) is 18.2 Å². The van der Waals surface area contributed by atoms with Crippen molar-refractivity contribution in [3.8, 4) is 17.0 Å². The summed E-state index contributed by atoms with van der Waals surface area (Å²) in [5.41, 5.74) is -6.24. The molecule has 5 rings (SSSR count). The van der Waals surface area contributed by atoms with E-state index in [9.17, 15) is 51.6 Å². The minimum Gasteiger partial charge on any atom is -0.406 e. The molecule has 45 heavy (non-hydrogen) atoms. The Balaban J connectivity index is 1.50. The molecule has 2 aromatic carbocycles. The van der Waals surface area contributed by atoms with Crippen molar-refractivity contribution in [2.45, 2.75) is 51.9 Å². The summed E-state index contributed by atoms with van der Waals surface area (Å²) < 4.78 is 163. The molecule has 0 amide bonds. The molecule has 1 N–H and O–H groups in total. The van der Waals surface area contributed by atoms with Crippen LogP contribution in [-0.4, -0.2) is 65.5 Å². The first-order chi connectivity index (χ1) is 20.8. The fourth-order valence-corrected chi connectivity index (χ4v) is 9.84. The van der Waals surface area contributed by atoms with Gasteiger partial charge < -0.3 is 4.74 Å². The average Bonchev–Trinajstić information content (AvgIpc) is 3.61. The standard InChI is InChI=1S/C26H23F6N3O7S3/c27-25(28,29)42-17-8-9-21(22(15-17)43(36,37)20-7-2-1-5-18(20)19-6-3-4-12-33-19)44(38,39)35-13-10-24(11-14-35)16-23(24)34-45(40,41)26(30,31)32/h1-9,12,15,23,34H,10-11,13-14,16H2. The predicted octanol–water partition coefficient (Wildman–Crippen LogP) is 4.46. The first-order valence-corrected chi connectivity index (χ1v) is 17.4. The van der Waals surface area contributed by atoms with Gasteiger partial charge in [-0.1, -0.05) is 24.3 Å². The van der Waals surface area contributed by atoms with Gasteiger partial charge in [-0.25, -0.2) is 30.0 Å². The number of hydrogen-bond acceptors (Lipinski definition) is 8. The summed E-state index contributed by atoms with van der Waals surface area (Å²) >= 11 is 0. The Morgan fingerprint density at radius 1 is 0.822 bits per heavy atom. The highest BCUT2D eigenvalue weighted by Crippen LogP contribution is 2.55. The molecule has 1 aliphatic carbocycles. The molecule has 1 unspecified atom stereocenters. The van der Waals surface area contributed by atoms with Gasteiger partial charge in [0.2, 0.25) is 19.9 Å². The lowest BCUT2D eigenvalue weighted by molar-refractivity contribution is -0.274. The van der Waals surface area contributed by atoms with Crippen molar-refractivity contribution in [1.29, 1.82) is 0 Å². The van der Waals surface area contributed by atoms with E-state index in [0.717, 1.165) is 10.4 Å². The zero-order valence-electron chi connectivity index (χ0n) is 22.7. The molecule has 1 aromatic heterocycles. The Morgan fingerprint density at radius 2 is 1.47 bits per heavy atom. The highest BCUT2D eigenvalue weighted by Gasteiger charge is 2.60. The second-order valence-electron chi connectivity index (χ2n) is 10.5. The number of alkyl halides is 6. The van der Waals surface area contributed by atoms with Crippen molar-refractivity contribution in [3.05, 3.63) is 66.9 Å². The van der Waals surface area contributed by atoms with E-state index in [4.69, 9.17) is 0 Å². The number of ether oxygens (including phenoxy) is 1. The molecule has 1 saturated heterocycles. The van der Waals surface area contributed by atoms with Gasteiger partial charge in [0, 0.05) is 37.0 Å². The van der Waals surface area contributed by atoms with E-state index >= 15 is 0 Å². The molecule has 2 heterocycles. The summed E-state index contributed by atoms with van der Waals surface area (Å²) in [4.78, 5) is 1.82. The molecule has 1 saturated carbocycles. The van der Waals surface area contributed by atoms with Gasteiger partial charge >= 0.3 is 21.9 Å². The maximum absolute atomic E-state index is 14.1. The summed E-state index contributed by atoms with van der Waals surface area (Å²) in [6.07, 6.45) is -3.94. The molecule has 1 spiro atoms. The zero-order chi connectivity index (χ0) is 33.1. The Kier molecular flexibility index (Phi) is 8.25. The van der Waals surface area contributed by atoms with E-state index in [1.165, 1.54) is 30.5 Å². The van der Waals surface area contributed by atoms with Crippen LogP contribution in [0.4, 0.5) is 26.3 Å². The summed E-state index contributed by atoms with van der Waals surface area (Å²) in [6.45, 7) is -0.644. The van der Waals surface area contributed by atoms with Crippen LogP contribution in [0.15, 0.2) is 81.5 Å². The average molecular weight is 700 g/mol. The molecule has 0 radical (unpaired) electrons. The molecule has 244 valence electrons. The molecule has 0 bridgehead atoms. The van der Waals surface area contributed by atoms with Crippen LogP contribution < -0.4 is 9.46 Å². The Labute approximate surface area is 254 Å². The zero-order valence-corrected chi connectivity index (χ0v) is 25.2. The Bertz CT molecular complexity index is 1930. The predicted molar refractivity (Wildman–Crippen MR) is 145 cm³/mol. The van der Waals surface area contributed by atoms with Crippen molar-refractivity contribution in [1.82, 2.24) is 14.0 Å². The van der Waals surface area contributed by atoms with Crippen molar-refractivity contribution < 1.29 is 56.3 Å². The van der Waals surface area contributed by atoms with E-state index in [1.54, 1.807) is 16.9 Å². The van der Waals surface area contributed by atoms with Gasteiger partial charge in [-0.2, -0.15) is 17.5 Å². The number of piperidine rings is 1. The fraction of sp³-hybridized carbons (Fsp3) is 0.346. The molecule has 1 atom stereocenters. The lowest BCUT2D eigenvalue weighted by Gasteiger charge is -2.32. The number of hydrogen-bond donors (Lipinski definition) is 1. The molecule has 1 aliphatic heterocycles. The highest BCUT2D eigenvalue weighted by atomic mass is 32.2. The number of halogens is 6. The molecule has 3 aromatic rings. The number of benzene rings is 2. The van der Waals surface area contributed by atoms with Crippen molar-refractivity contribution in [2.75, 3.05) is 13.1 Å². The number of sulfone groups is 1. The third-order valence-corrected chi connectivity index (χ3v) is 12.8. The lowest BCUT2D eigenvalue weighted by Crippen LogP contribution is -2.44. The van der Waals surface area contributed by atoms with Gasteiger partial charge in [0.25, 0.3) is 0 Å². The minimum atomic E-state index is -5.63. The normalized spacial score (nSPS) is 19.4. The summed E-state index contributed by atoms with van der Waals surface area (Å²) in [6, 6.07) is 10.7. The van der Waals surface area contributed by atoms with Gasteiger partial charge in [-0.05, 0) is 55.0 Å². The monoisotopic (exact) mass is 699 g/mol. The largest absolute Gasteiger partial charge is 0.573 e. The van der Waals surface area contributed by atoms with Crippen LogP contribution in [0.25, 0.3) is 11.3 Å². The number of pyridine rings is 1. The third-order valence-electron chi connectivity index (χ3n) is 7.68. The first-order valence-electron chi connectivity index (χ1n) is 13.0. The number of nitrogens with zero attached hydrogens (tertiary/aromatic N) is 2. The summed E-state index contributed by atoms with van der Waals surface area (Å²) in [7, 11) is -15.2. The van der Waals surface area contributed by atoms with Gasteiger partial charge in [-0.3, -0.25) is 4.98 Å². The number of nitrogens with one attached hydrogen (secondary N) is 1. The number of rotatable bonds is 8. The fourth-order valence-electron chi connectivity index (χ4n) is 5.29. The maximum Gasteiger partial charge on any atom is 0.573 e. The minimum absolute atomic E-state index is 0.0314. The van der Waals surface area contributed by atoms with Crippen LogP contribution in [0, 0.1) is 5.41 Å². The molecule has 2 fully saturated rings. The van der Waals surface area contributed by atoms with Gasteiger partial charge in [0.15, 0.2) is 0 Å². The van der Waals surface area contributed by atoms with Gasteiger partial charge in [0.05, 0.1) is 15.5 Å². The van der Waals surface area contributed by atoms with E-state index in [2.05, 4.69) is 9.72 Å². The number of sulfonamides is 2. The van der Waals surface area contributed by atoms with Crippen LogP contribution in [0.3, 0.4) is 0 Å². The number of aromatic nitrogens is 1. The van der Waals surface area contributed by atoms with Crippen LogP contribution in [0.5, 0.6) is 5.75 Å². The van der Waals surface area contributed by atoms with Gasteiger partial charge in [0.1, 0.15) is 10.6 Å². The molecular formula is C26H23F6N3O7S3. The topological polar surface area (TPSA) is 140 Å². The van der Waals surface area contributed by atoms with E-state index in [1.807, 2.05) is 0 Å². The molecular weight excluding hydrogens is 676 g/mol. The van der Waals surface area contributed by atoms with Crippen molar-refractivity contribution >= 4 is 29.9 Å². The molecule has 2 aliphatic rings. The van der Waals surface area contributed by atoms with Crippen LogP contribution in [0.2, 0.25) is 0 Å². The Hall–Kier alpha value is -3.26. The van der Waals surface area contributed by atoms with Gasteiger partial charge in [-0.15, -0.1) is 13.2 Å². The van der Waals surface area contributed by atoms with Crippen LogP contribution in [0.1, 0.15) is 19.3 Å². The summed E-state index contributed by atoms with van der Waals surface area (Å²) in [5, 5.41) is 0. The molecule has 19 heteroatoms. The summed E-state index contributed by atoms with van der Waals surface area (Å²) in [5.74, 6) is -0.995. The second kappa shape index (κ2) is 11.2. The smallest absolute Gasteiger partial charge is 0.406 e. The second-order valence-corrected chi connectivity index (χ2v) is 16.0. The van der Waals surface area contributed by atoms with E-state index < -0.39 is 73.6 Å². The maximum atomic E-state index is 14.1. The third kappa shape index (κ3) is 6.53.